The van der Waals surface area contributed by atoms with Crippen molar-refractivity contribution in [1.29, 1.82) is 0 Å². The quantitative estimate of drug-likeness (QED) is 0.284. The number of likely N-dealkylation sites (N-methyl/N-ethyl adjacent to an activating group) is 1. The molecule has 1 saturated heterocycles. The topological polar surface area (TPSA) is 99.5 Å². The highest BCUT2D eigenvalue weighted by atomic mass is 16.5. The van der Waals surface area contributed by atoms with Crippen molar-refractivity contribution in [3.05, 3.63) is 59.2 Å². The van der Waals surface area contributed by atoms with Gasteiger partial charge in [-0.05, 0) is 61.5 Å². The summed E-state index contributed by atoms with van der Waals surface area (Å²) in [6.07, 6.45) is 0.870. The second-order valence-electron chi connectivity index (χ2n) is 8.32. The molecule has 1 fully saturated rings. The number of ether oxygens (including phenoxy) is 2. The molecule has 1 amide bonds. The fourth-order valence-corrected chi connectivity index (χ4v) is 4.19. The number of carbonyl (C=O) groups is 2. The number of phenolic OH excluding ortho intramolecular Hbond substituents is 1. The first-order valence-corrected chi connectivity index (χ1v) is 12.0. The lowest BCUT2D eigenvalue weighted by atomic mass is 9.95. The molecule has 0 bridgehead atoms. The fourth-order valence-electron chi connectivity index (χ4n) is 4.19. The number of hydrogen-bond acceptors (Lipinski definition) is 7. The van der Waals surface area contributed by atoms with Crippen LogP contribution in [0.4, 0.5) is 0 Å². The van der Waals surface area contributed by atoms with E-state index in [2.05, 4.69) is 4.90 Å². The molecule has 188 valence electrons. The van der Waals surface area contributed by atoms with Gasteiger partial charge in [-0.25, -0.2) is 0 Å². The van der Waals surface area contributed by atoms with E-state index >= 15 is 0 Å². The number of aliphatic hydroxyl groups is 1. The van der Waals surface area contributed by atoms with Crippen LogP contribution in [0.3, 0.4) is 0 Å². The minimum atomic E-state index is -0.823. The average Bonchev–Trinajstić information content (AvgIpc) is 3.13. The molecule has 1 aliphatic heterocycles. The predicted octanol–water partition coefficient (Wildman–Crippen LogP) is 3.95. The fraction of sp³-hybridized carbons (Fsp3) is 0.407. The second kappa shape index (κ2) is 11.8. The highest BCUT2D eigenvalue weighted by molar-refractivity contribution is 6.46. The number of benzene rings is 2. The first kappa shape index (κ1) is 26.1. The van der Waals surface area contributed by atoms with E-state index in [1.54, 1.807) is 36.4 Å². The van der Waals surface area contributed by atoms with Crippen molar-refractivity contribution < 1.29 is 29.3 Å². The van der Waals surface area contributed by atoms with Crippen LogP contribution in [0, 0.1) is 0 Å². The number of rotatable bonds is 11. The number of aliphatic hydroxyl groups excluding tert-OH is 1. The van der Waals surface area contributed by atoms with Crippen molar-refractivity contribution in [3.8, 4) is 17.2 Å². The van der Waals surface area contributed by atoms with E-state index in [0.29, 0.717) is 36.6 Å². The lowest BCUT2D eigenvalue weighted by Gasteiger charge is -2.28. The van der Waals surface area contributed by atoms with Gasteiger partial charge in [-0.3, -0.25) is 9.59 Å². The molecule has 35 heavy (non-hydrogen) atoms. The normalized spacial score (nSPS) is 17.3. The van der Waals surface area contributed by atoms with E-state index in [9.17, 15) is 19.8 Å². The van der Waals surface area contributed by atoms with Crippen molar-refractivity contribution in [2.45, 2.75) is 33.2 Å². The van der Waals surface area contributed by atoms with E-state index in [-0.39, 0.29) is 22.8 Å². The SMILES string of the molecule is CCCOc1ccc(/C(O)=C2\C(=O)C(=O)N(CCN(CC)CC)[C@@H]2c2ccc(O)c(OC)c2)cc1. The van der Waals surface area contributed by atoms with Gasteiger partial charge < -0.3 is 29.5 Å². The zero-order chi connectivity index (χ0) is 25.5. The summed E-state index contributed by atoms with van der Waals surface area (Å²) < 4.78 is 10.9. The molecule has 8 heteroatoms. The third-order valence-corrected chi connectivity index (χ3v) is 6.21. The summed E-state index contributed by atoms with van der Waals surface area (Å²) in [5, 5.41) is 21.3. The first-order valence-electron chi connectivity index (χ1n) is 12.0. The monoisotopic (exact) mass is 482 g/mol. The van der Waals surface area contributed by atoms with Crippen molar-refractivity contribution in [1.82, 2.24) is 9.80 Å². The molecule has 0 unspecified atom stereocenters. The van der Waals surface area contributed by atoms with E-state index in [1.807, 2.05) is 20.8 Å². The van der Waals surface area contributed by atoms with Gasteiger partial charge in [-0.15, -0.1) is 0 Å². The minimum absolute atomic E-state index is 0.00418. The summed E-state index contributed by atoms with van der Waals surface area (Å²) in [7, 11) is 1.43. The Hall–Kier alpha value is -3.52. The third kappa shape index (κ3) is 5.59. The number of nitrogens with zero attached hydrogens (tertiary/aromatic N) is 2. The summed E-state index contributed by atoms with van der Waals surface area (Å²) in [6.45, 7) is 9.16. The molecular formula is C27H34N2O6. The van der Waals surface area contributed by atoms with Crippen LogP contribution in [0.2, 0.25) is 0 Å². The maximum Gasteiger partial charge on any atom is 0.295 e. The Kier molecular flexibility index (Phi) is 8.76. The van der Waals surface area contributed by atoms with Gasteiger partial charge in [0.05, 0.1) is 25.3 Å². The molecule has 0 aromatic heterocycles. The Labute approximate surface area is 206 Å². The second-order valence-corrected chi connectivity index (χ2v) is 8.32. The predicted molar refractivity (Wildman–Crippen MR) is 134 cm³/mol. The first-order chi connectivity index (χ1) is 16.9. The van der Waals surface area contributed by atoms with Crippen LogP contribution in [-0.4, -0.2) is 71.6 Å². The van der Waals surface area contributed by atoms with Crippen molar-refractivity contribution >= 4 is 17.4 Å². The van der Waals surface area contributed by atoms with Crippen LogP contribution < -0.4 is 9.47 Å². The molecule has 2 aromatic rings. The van der Waals surface area contributed by atoms with Gasteiger partial charge in [0.15, 0.2) is 11.5 Å². The Bertz CT molecular complexity index is 1080. The van der Waals surface area contributed by atoms with Crippen LogP contribution in [0.1, 0.15) is 44.4 Å². The third-order valence-electron chi connectivity index (χ3n) is 6.21. The summed E-state index contributed by atoms with van der Waals surface area (Å²) in [5.74, 6) is -0.854. The Balaban J connectivity index is 2.08. The molecular weight excluding hydrogens is 448 g/mol. The number of amides is 1. The van der Waals surface area contributed by atoms with Gasteiger partial charge >= 0.3 is 0 Å². The van der Waals surface area contributed by atoms with Gasteiger partial charge in [-0.2, -0.15) is 0 Å². The molecule has 0 radical (unpaired) electrons. The molecule has 2 N–H and O–H groups in total. The number of carbonyl (C=O) groups excluding carboxylic acids is 2. The number of aromatic hydroxyl groups is 1. The molecule has 1 atom stereocenters. The smallest absolute Gasteiger partial charge is 0.295 e. The van der Waals surface area contributed by atoms with Crippen molar-refractivity contribution in [2.24, 2.45) is 0 Å². The highest BCUT2D eigenvalue weighted by Gasteiger charge is 2.46. The van der Waals surface area contributed by atoms with Crippen LogP contribution in [0.25, 0.3) is 5.76 Å². The molecule has 3 rings (SSSR count). The van der Waals surface area contributed by atoms with E-state index in [1.165, 1.54) is 18.1 Å². The lowest BCUT2D eigenvalue weighted by Crippen LogP contribution is -2.38. The zero-order valence-electron chi connectivity index (χ0n) is 20.8. The number of methoxy groups -OCH3 is 1. The van der Waals surface area contributed by atoms with E-state index < -0.39 is 17.7 Å². The van der Waals surface area contributed by atoms with E-state index in [4.69, 9.17) is 9.47 Å². The summed E-state index contributed by atoms with van der Waals surface area (Å²) in [6, 6.07) is 10.6. The summed E-state index contributed by atoms with van der Waals surface area (Å²) in [5.41, 5.74) is 0.971. The Morgan fingerprint density at radius 1 is 1.06 bits per heavy atom. The van der Waals surface area contributed by atoms with E-state index in [0.717, 1.165) is 19.5 Å². The number of Topliss-reactive ketones (excluding diaryl/α,β-unsaturated/α-hetero) is 1. The number of hydrogen-bond donors (Lipinski definition) is 2. The van der Waals surface area contributed by atoms with Gasteiger partial charge in [-0.1, -0.05) is 26.8 Å². The summed E-state index contributed by atoms with van der Waals surface area (Å²) >= 11 is 0. The molecule has 2 aromatic carbocycles. The molecule has 8 nitrogen and oxygen atoms in total. The van der Waals surface area contributed by atoms with Crippen LogP contribution in [-0.2, 0) is 9.59 Å². The number of ketones is 1. The Morgan fingerprint density at radius 3 is 2.34 bits per heavy atom. The molecule has 1 aliphatic rings. The largest absolute Gasteiger partial charge is 0.507 e. The van der Waals surface area contributed by atoms with Crippen LogP contribution >= 0.6 is 0 Å². The number of phenols is 1. The highest BCUT2D eigenvalue weighted by Crippen LogP contribution is 2.41. The average molecular weight is 483 g/mol. The molecule has 0 spiro atoms. The van der Waals surface area contributed by atoms with Gasteiger partial charge in [0.1, 0.15) is 11.5 Å². The maximum absolute atomic E-state index is 13.2. The van der Waals surface area contributed by atoms with Crippen molar-refractivity contribution in [2.75, 3.05) is 39.9 Å². The lowest BCUT2D eigenvalue weighted by molar-refractivity contribution is -0.140. The van der Waals surface area contributed by atoms with Crippen LogP contribution in [0.15, 0.2) is 48.0 Å². The molecule has 0 aliphatic carbocycles. The minimum Gasteiger partial charge on any atom is -0.507 e. The standard InChI is InChI=1S/C27H34N2O6/c1-5-16-35-20-11-8-18(9-12-20)25(31)23-24(19-10-13-21(30)22(17-19)34-4)29(27(33)26(23)32)15-14-28(6-2)7-3/h8-13,17,24,30-31H,5-7,14-16H2,1-4H3/b25-23+/t24-/m1/s1. The zero-order valence-corrected chi connectivity index (χ0v) is 20.8. The van der Waals surface area contributed by atoms with Gasteiger partial charge in [0, 0.05) is 18.7 Å². The van der Waals surface area contributed by atoms with Gasteiger partial charge in [0.2, 0.25) is 0 Å². The molecule has 1 heterocycles. The Morgan fingerprint density at radius 2 is 1.74 bits per heavy atom. The number of likely N-dealkylation sites (tertiary alicyclic amines) is 1. The van der Waals surface area contributed by atoms with Crippen LogP contribution in [0.5, 0.6) is 17.2 Å². The van der Waals surface area contributed by atoms with Gasteiger partial charge in [0.25, 0.3) is 11.7 Å². The molecule has 0 saturated carbocycles. The maximum atomic E-state index is 13.2. The summed E-state index contributed by atoms with van der Waals surface area (Å²) in [4.78, 5) is 30.0. The van der Waals surface area contributed by atoms with Crippen molar-refractivity contribution in [3.63, 3.8) is 0 Å².